The molecule has 0 aliphatic heterocycles. The number of pyridine rings is 1. The van der Waals surface area contributed by atoms with Gasteiger partial charge in [0.1, 0.15) is 0 Å². The van der Waals surface area contributed by atoms with Gasteiger partial charge in [0.05, 0.1) is 5.69 Å². The Morgan fingerprint density at radius 3 is 2.57 bits per heavy atom. The van der Waals surface area contributed by atoms with Gasteiger partial charge in [0.25, 0.3) is 10.0 Å². The highest BCUT2D eigenvalue weighted by atomic mass is 32.2. The fourth-order valence-electron chi connectivity index (χ4n) is 1.84. The minimum atomic E-state index is -3.64. The number of rotatable bonds is 7. The van der Waals surface area contributed by atoms with Crippen LogP contribution in [0.1, 0.15) is 18.9 Å². The van der Waals surface area contributed by atoms with Crippen molar-refractivity contribution in [1.29, 1.82) is 0 Å². The van der Waals surface area contributed by atoms with E-state index in [9.17, 15) is 8.42 Å². The molecule has 0 aliphatic rings. The van der Waals surface area contributed by atoms with Gasteiger partial charge in [0.15, 0.2) is 5.03 Å². The molecule has 0 amide bonds. The van der Waals surface area contributed by atoms with E-state index in [4.69, 9.17) is 0 Å². The summed E-state index contributed by atoms with van der Waals surface area (Å²) in [6.07, 6.45) is 2.39. The van der Waals surface area contributed by atoms with Gasteiger partial charge in [-0.25, -0.2) is 18.1 Å². The highest BCUT2D eigenvalue weighted by Crippen LogP contribution is 2.18. The van der Waals surface area contributed by atoms with E-state index in [2.05, 4.69) is 15.0 Å². The molecular weight excluding hydrogens is 286 g/mol. The van der Waals surface area contributed by atoms with E-state index in [0.717, 1.165) is 12.0 Å². The number of aromatic nitrogens is 1. The normalized spacial score (nSPS) is 11.3. The molecule has 1 aromatic heterocycles. The zero-order valence-corrected chi connectivity index (χ0v) is 12.7. The molecule has 0 atom stereocenters. The average Bonchev–Trinajstić information content (AvgIpc) is 2.52. The fraction of sp³-hybridized carbons (Fsp3) is 0.267. The average molecular weight is 305 g/mol. The molecule has 0 bridgehead atoms. The maximum Gasteiger partial charge on any atom is 0.260 e. The lowest BCUT2D eigenvalue weighted by Gasteiger charge is -2.11. The van der Waals surface area contributed by atoms with Crippen molar-refractivity contribution in [2.45, 2.75) is 24.9 Å². The molecule has 1 heterocycles. The minimum absolute atomic E-state index is 0.0365. The highest BCUT2D eigenvalue weighted by Gasteiger charge is 2.19. The van der Waals surface area contributed by atoms with Gasteiger partial charge in [-0.2, -0.15) is 0 Å². The van der Waals surface area contributed by atoms with Crippen LogP contribution in [0.5, 0.6) is 0 Å². The van der Waals surface area contributed by atoms with Crippen molar-refractivity contribution >= 4 is 15.7 Å². The Labute approximate surface area is 125 Å². The van der Waals surface area contributed by atoms with Crippen molar-refractivity contribution < 1.29 is 8.42 Å². The Bertz CT molecular complexity index is 672. The largest absolute Gasteiger partial charge is 0.383 e. The second-order valence-corrected chi connectivity index (χ2v) is 6.28. The molecule has 0 aliphatic carbocycles. The second-order valence-electron chi connectivity index (χ2n) is 4.59. The smallest absolute Gasteiger partial charge is 0.260 e. The van der Waals surface area contributed by atoms with Crippen molar-refractivity contribution in [3.63, 3.8) is 0 Å². The van der Waals surface area contributed by atoms with E-state index in [1.807, 2.05) is 37.3 Å². The van der Waals surface area contributed by atoms with Gasteiger partial charge >= 0.3 is 0 Å². The van der Waals surface area contributed by atoms with Crippen LogP contribution in [0.3, 0.4) is 0 Å². The Morgan fingerprint density at radius 2 is 1.86 bits per heavy atom. The zero-order chi connectivity index (χ0) is 15.1. The van der Waals surface area contributed by atoms with Gasteiger partial charge in [-0.1, -0.05) is 37.3 Å². The molecule has 21 heavy (non-hydrogen) atoms. The first kappa shape index (κ1) is 15.5. The van der Waals surface area contributed by atoms with Gasteiger partial charge in [-0.15, -0.1) is 0 Å². The Balaban J connectivity index is 2.15. The Morgan fingerprint density at radius 1 is 1.10 bits per heavy atom. The third-order valence-electron chi connectivity index (χ3n) is 2.90. The number of benzene rings is 1. The monoisotopic (exact) mass is 305 g/mol. The predicted molar refractivity (Wildman–Crippen MR) is 83.5 cm³/mol. The second kappa shape index (κ2) is 7.19. The van der Waals surface area contributed by atoms with Gasteiger partial charge in [0, 0.05) is 19.3 Å². The molecule has 6 heteroatoms. The van der Waals surface area contributed by atoms with Crippen LogP contribution < -0.4 is 10.0 Å². The molecule has 2 N–H and O–H groups in total. The zero-order valence-electron chi connectivity index (χ0n) is 11.9. The van der Waals surface area contributed by atoms with Gasteiger partial charge in [-0.05, 0) is 24.1 Å². The van der Waals surface area contributed by atoms with Gasteiger partial charge < -0.3 is 5.32 Å². The number of anilines is 1. The summed E-state index contributed by atoms with van der Waals surface area (Å²) in [5.41, 5.74) is 1.43. The summed E-state index contributed by atoms with van der Waals surface area (Å²) in [6.45, 7) is 2.96. The van der Waals surface area contributed by atoms with Crippen molar-refractivity contribution in [3.05, 3.63) is 54.2 Å². The molecule has 5 nitrogen and oxygen atoms in total. The maximum absolute atomic E-state index is 12.4. The lowest BCUT2D eigenvalue weighted by atomic mass is 10.2. The summed E-state index contributed by atoms with van der Waals surface area (Å²) in [7, 11) is -3.64. The quantitative estimate of drug-likeness (QED) is 0.824. The molecule has 0 unspecified atom stereocenters. The highest BCUT2D eigenvalue weighted by molar-refractivity contribution is 7.89. The lowest BCUT2D eigenvalue weighted by Crippen LogP contribution is -2.25. The van der Waals surface area contributed by atoms with Crippen molar-refractivity contribution in [1.82, 2.24) is 9.71 Å². The number of hydrogen-bond acceptors (Lipinski definition) is 4. The lowest BCUT2D eigenvalue weighted by molar-refractivity contribution is 0.578. The van der Waals surface area contributed by atoms with Crippen LogP contribution in [0.4, 0.5) is 5.69 Å². The summed E-state index contributed by atoms with van der Waals surface area (Å²) in [5, 5.41) is 3.12. The van der Waals surface area contributed by atoms with E-state index in [-0.39, 0.29) is 11.6 Å². The van der Waals surface area contributed by atoms with Crippen LogP contribution in [0, 0.1) is 0 Å². The molecule has 0 saturated heterocycles. The summed E-state index contributed by atoms with van der Waals surface area (Å²) in [4.78, 5) is 4.00. The summed E-state index contributed by atoms with van der Waals surface area (Å²) < 4.78 is 27.3. The summed E-state index contributed by atoms with van der Waals surface area (Å²) in [6, 6.07) is 12.8. The van der Waals surface area contributed by atoms with Crippen molar-refractivity contribution in [2.24, 2.45) is 0 Å². The first-order chi connectivity index (χ1) is 10.1. The van der Waals surface area contributed by atoms with Crippen LogP contribution in [0.25, 0.3) is 0 Å². The first-order valence-corrected chi connectivity index (χ1v) is 8.34. The van der Waals surface area contributed by atoms with Crippen LogP contribution >= 0.6 is 0 Å². The molecule has 0 saturated carbocycles. The van der Waals surface area contributed by atoms with Crippen molar-refractivity contribution in [2.75, 3.05) is 11.9 Å². The topological polar surface area (TPSA) is 71.1 Å². The molecular formula is C15H19N3O2S. The van der Waals surface area contributed by atoms with E-state index in [1.54, 1.807) is 12.1 Å². The molecule has 2 aromatic rings. The van der Waals surface area contributed by atoms with Crippen LogP contribution in [-0.4, -0.2) is 19.9 Å². The van der Waals surface area contributed by atoms with E-state index < -0.39 is 10.0 Å². The Hall–Kier alpha value is -1.92. The fourth-order valence-corrected chi connectivity index (χ4v) is 2.96. The molecule has 112 valence electrons. The molecule has 0 fully saturated rings. The SMILES string of the molecule is CCCNc1cccnc1S(=O)(=O)NCc1ccccc1. The van der Waals surface area contributed by atoms with Gasteiger partial charge in [-0.3, -0.25) is 0 Å². The third-order valence-corrected chi connectivity index (χ3v) is 4.26. The maximum atomic E-state index is 12.4. The third kappa shape index (κ3) is 4.27. The molecule has 0 spiro atoms. The van der Waals surface area contributed by atoms with E-state index >= 15 is 0 Å². The predicted octanol–water partition coefficient (Wildman–Crippen LogP) is 2.38. The van der Waals surface area contributed by atoms with Crippen LogP contribution in [0.2, 0.25) is 0 Å². The molecule has 2 rings (SSSR count). The number of hydrogen-bond donors (Lipinski definition) is 2. The first-order valence-electron chi connectivity index (χ1n) is 6.86. The van der Waals surface area contributed by atoms with E-state index in [0.29, 0.717) is 12.2 Å². The number of nitrogens with zero attached hydrogens (tertiary/aromatic N) is 1. The van der Waals surface area contributed by atoms with Crippen LogP contribution in [0.15, 0.2) is 53.7 Å². The standard InChI is InChI=1S/C15H19N3O2S/c1-2-10-16-14-9-6-11-17-15(14)21(19,20)18-12-13-7-4-3-5-8-13/h3-9,11,16,18H,2,10,12H2,1H3. The summed E-state index contributed by atoms with van der Waals surface area (Å²) >= 11 is 0. The van der Waals surface area contributed by atoms with Crippen LogP contribution in [-0.2, 0) is 16.6 Å². The molecule has 0 radical (unpaired) electrons. The number of sulfonamides is 1. The summed E-state index contributed by atoms with van der Waals surface area (Å²) in [5.74, 6) is 0. The minimum Gasteiger partial charge on any atom is -0.383 e. The van der Waals surface area contributed by atoms with E-state index in [1.165, 1.54) is 6.20 Å². The van der Waals surface area contributed by atoms with Gasteiger partial charge in [0.2, 0.25) is 0 Å². The Kier molecular flexibility index (Phi) is 5.30. The van der Waals surface area contributed by atoms with Crippen molar-refractivity contribution in [3.8, 4) is 0 Å². The number of nitrogens with one attached hydrogen (secondary N) is 2. The molecule has 1 aromatic carbocycles.